The van der Waals surface area contributed by atoms with Crippen LogP contribution >= 0.6 is 19.1 Å². The van der Waals surface area contributed by atoms with Gasteiger partial charge in [0.2, 0.25) is 19.2 Å². The molecule has 2 aliphatic heterocycles. The Hall–Kier alpha value is -1.51. The first-order valence-electron chi connectivity index (χ1n) is 13.5. The summed E-state index contributed by atoms with van der Waals surface area (Å²) in [6, 6.07) is 0.334. The monoisotopic (exact) mass is 542 g/mol. The highest BCUT2D eigenvalue weighted by atomic mass is 32.2. The number of hydrogen-bond donors (Lipinski definition) is 5. The number of hydrogen-bond acceptors (Lipinski definition) is 5. The fraction of sp³-hybridized carbons (Fsp3) is 0.800. The lowest BCUT2D eigenvalue weighted by atomic mass is 10.0. The van der Waals surface area contributed by atoms with Gasteiger partial charge in [-0.1, -0.05) is 32.3 Å². The molecule has 1 unspecified atom stereocenters. The van der Waals surface area contributed by atoms with Gasteiger partial charge in [-0.2, -0.15) is 11.8 Å². The molecule has 0 bridgehead atoms. The van der Waals surface area contributed by atoms with Crippen molar-refractivity contribution >= 4 is 37.0 Å². The standard InChI is InChI=1S/C25H43N4O5PS/c1-2-3-15-35(33,34)19-13-12-18(16-19)27-23(31)11-5-4-8-14-26-22(30)10-7-6-9-21-24-20(17-36-21)28-25(32)29-24/h13,18,20-21,24H,2-12,14-17H2,1H3,(H,26,30)(H,27,31)(H,33,34)(H2,28,29,32)/t18-,20-,21-,24-/m0/s1. The van der Waals surface area contributed by atoms with E-state index < -0.39 is 7.37 Å². The molecule has 5 atom stereocenters. The van der Waals surface area contributed by atoms with E-state index in [1.807, 2.05) is 24.8 Å². The van der Waals surface area contributed by atoms with Crippen LogP contribution in [0.1, 0.15) is 84.0 Å². The molecule has 0 saturated carbocycles. The molecule has 0 radical (unpaired) electrons. The van der Waals surface area contributed by atoms with E-state index in [9.17, 15) is 23.8 Å². The first-order chi connectivity index (χ1) is 17.3. The summed E-state index contributed by atoms with van der Waals surface area (Å²) < 4.78 is 12.4. The predicted molar refractivity (Wildman–Crippen MR) is 144 cm³/mol. The molecule has 0 aromatic rings. The Morgan fingerprint density at radius 2 is 1.89 bits per heavy atom. The van der Waals surface area contributed by atoms with Crippen molar-refractivity contribution in [2.75, 3.05) is 18.5 Å². The van der Waals surface area contributed by atoms with Crippen LogP contribution in [0.5, 0.6) is 0 Å². The summed E-state index contributed by atoms with van der Waals surface area (Å²) in [7, 11) is -3.24. The van der Waals surface area contributed by atoms with E-state index in [0.29, 0.717) is 49.0 Å². The van der Waals surface area contributed by atoms with Gasteiger partial charge in [-0.3, -0.25) is 14.2 Å². The number of nitrogens with one attached hydrogen (secondary N) is 4. The number of carbonyl (C=O) groups is 3. The van der Waals surface area contributed by atoms with Crippen molar-refractivity contribution in [3.63, 3.8) is 0 Å². The second-order valence-electron chi connectivity index (χ2n) is 10.2. The van der Waals surface area contributed by atoms with Gasteiger partial charge >= 0.3 is 6.03 Å². The van der Waals surface area contributed by atoms with Crippen LogP contribution in [0, 0.1) is 0 Å². The van der Waals surface area contributed by atoms with Gasteiger partial charge in [-0.25, -0.2) is 4.79 Å². The van der Waals surface area contributed by atoms with Gasteiger partial charge in [0.05, 0.1) is 12.1 Å². The third kappa shape index (κ3) is 9.10. The Kier molecular flexibility index (Phi) is 11.6. The fourth-order valence-electron chi connectivity index (χ4n) is 5.09. The largest absolute Gasteiger partial charge is 0.356 e. The average molecular weight is 543 g/mol. The molecule has 3 aliphatic rings. The molecule has 3 rings (SSSR count). The van der Waals surface area contributed by atoms with Crippen LogP contribution in [0.2, 0.25) is 0 Å². The minimum absolute atomic E-state index is 0.0142. The van der Waals surface area contributed by atoms with Crippen molar-refractivity contribution in [1.29, 1.82) is 0 Å². The molecule has 0 aromatic heterocycles. The van der Waals surface area contributed by atoms with Gasteiger partial charge in [0.25, 0.3) is 0 Å². The summed E-state index contributed by atoms with van der Waals surface area (Å²) in [6.07, 6.45) is 11.2. The fourth-order valence-corrected chi connectivity index (χ4v) is 8.56. The summed E-state index contributed by atoms with van der Waals surface area (Å²) in [5.41, 5.74) is 0. The maximum absolute atomic E-state index is 12.4. The average Bonchev–Trinajstić information content (AvgIpc) is 3.54. The highest BCUT2D eigenvalue weighted by molar-refractivity contribution is 8.00. The molecule has 204 valence electrons. The smallest absolute Gasteiger partial charge is 0.315 e. The predicted octanol–water partition coefficient (Wildman–Crippen LogP) is 3.62. The molecule has 0 spiro atoms. The Labute approximate surface area is 219 Å². The van der Waals surface area contributed by atoms with E-state index in [2.05, 4.69) is 21.3 Å². The van der Waals surface area contributed by atoms with Crippen LogP contribution in [0.4, 0.5) is 4.79 Å². The van der Waals surface area contributed by atoms with Gasteiger partial charge in [-0.05, 0) is 44.9 Å². The Morgan fingerprint density at radius 1 is 1.11 bits per heavy atom. The molecule has 1 aliphatic carbocycles. The molecular formula is C25H43N4O5PS. The zero-order chi connectivity index (χ0) is 26.0. The van der Waals surface area contributed by atoms with Crippen molar-refractivity contribution in [3.05, 3.63) is 11.4 Å². The molecular weight excluding hydrogens is 499 g/mol. The van der Waals surface area contributed by atoms with Crippen molar-refractivity contribution in [2.24, 2.45) is 0 Å². The van der Waals surface area contributed by atoms with Crippen LogP contribution < -0.4 is 21.3 Å². The third-order valence-corrected chi connectivity index (χ3v) is 10.9. The number of rotatable bonds is 16. The van der Waals surface area contributed by atoms with Crippen molar-refractivity contribution in [2.45, 2.75) is 107 Å². The van der Waals surface area contributed by atoms with E-state index in [0.717, 1.165) is 57.1 Å². The summed E-state index contributed by atoms with van der Waals surface area (Å²) in [5, 5.41) is 13.0. The molecule has 2 heterocycles. The molecule has 36 heavy (non-hydrogen) atoms. The van der Waals surface area contributed by atoms with Gasteiger partial charge in [-0.15, -0.1) is 0 Å². The van der Waals surface area contributed by atoms with Crippen LogP contribution in [0.15, 0.2) is 11.4 Å². The lowest BCUT2D eigenvalue weighted by Gasteiger charge is -2.16. The number of unbranched alkanes of at least 4 members (excludes halogenated alkanes) is 4. The summed E-state index contributed by atoms with van der Waals surface area (Å²) in [4.78, 5) is 46.0. The zero-order valence-electron chi connectivity index (χ0n) is 21.4. The molecule has 0 aromatic carbocycles. The summed E-state index contributed by atoms with van der Waals surface area (Å²) in [5.74, 6) is 1.02. The molecule has 5 N–H and O–H groups in total. The molecule has 11 heteroatoms. The lowest BCUT2D eigenvalue weighted by molar-refractivity contribution is -0.122. The highest BCUT2D eigenvalue weighted by Crippen LogP contribution is 2.54. The zero-order valence-corrected chi connectivity index (χ0v) is 23.1. The number of urea groups is 1. The van der Waals surface area contributed by atoms with Gasteiger partial charge in [0.1, 0.15) is 0 Å². The molecule has 4 amide bonds. The maximum Gasteiger partial charge on any atom is 0.315 e. The van der Waals surface area contributed by atoms with Crippen LogP contribution in [-0.2, 0) is 14.2 Å². The lowest BCUT2D eigenvalue weighted by Crippen LogP contribution is -2.36. The number of fused-ring (bicyclic) bond motifs is 1. The van der Waals surface area contributed by atoms with E-state index in [-0.39, 0.29) is 36.0 Å². The highest BCUT2D eigenvalue weighted by Gasteiger charge is 2.42. The topological polar surface area (TPSA) is 137 Å². The Morgan fingerprint density at radius 3 is 2.69 bits per heavy atom. The molecule has 2 saturated heterocycles. The minimum atomic E-state index is -3.24. The van der Waals surface area contributed by atoms with E-state index in [1.165, 1.54) is 0 Å². The van der Waals surface area contributed by atoms with Crippen LogP contribution in [0.3, 0.4) is 0 Å². The van der Waals surface area contributed by atoms with Gasteiger partial charge in [0.15, 0.2) is 0 Å². The Bertz CT molecular complexity index is 854. The van der Waals surface area contributed by atoms with Gasteiger partial charge < -0.3 is 26.2 Å². The normalized spacial score (nSPS) is 26.5. The van der Waals surface area contributed by atoms with Crippen molar-refractivity contribution in [1.82, 2.24) is 21.3 Å². The number of carbonyl (C=O) groups excluding carboxylic acids is 3. The minimum Gasteiger partial charge on any atom is -0.356 e. The summed E-state index contributed by atoms with van der Waals surface area (Å²) in [6.45, 7) is 2.63. The summed E-state index contributed by atoms with van der Waals surface area (Å²) >= 11 is 1.90. The Balaban J connectivity index is 1.15. The number of thioether (sulfide) groups is 1. The quantitative estimate of drug-likeness (QED) is 0.115. The SMILES string of the molecule is CCCCP(=O)(O)C1=CC[C@H](NC(=O)CCCCCNC(=O)CCCC[C@@H]2SC[C@@H]3NC(=O)N[C@@H]32)C1. The maximum atomic E-state index is 12.4. The number of amides is 4. The molecule has 9 nitrogen and oxygen atoms in total. The van der Waals surface area contributed by atoms with E-state index in [1.54, 1.807) is 0 Å². The second-order valence-corrected chi connectivity index (χ2v) is 13.9. The van der Waals surface area contributed by atoms with Crippen LogP contribution in [-0.4, -0.2) is 64.6 Å². The van der Waals surface area contributed by atoms with Crippen LogP contribution in [0.25, 0.3) is 0 Å². The first kappa shape index (κ1) is 29.1. The third-order valence-electron chi connectivity index (χ3n) is 7.21. The van der Waals surface area contributed by atoms with Gasteiger partial charge in [0, 0.05) is 47.9 Å². The first-order valence-corrected chi connectivity index (χ1v) is 16.4. The van der Waals surface area contributed by atoms with E-state index >= 15 is 0 Å². The molecule has 2 fully saturated rings. The van der Waals surface area contributed by atoms with Crippen molar-refractivity contribution in [3.8, 4) is 0 Å². The second kappa shape index (κ2) is 14.4. The van der Waals surface area contributed by atoms with E-state index in [4.69, 9.17) is 0 Å². The van der Waals surface area contributed by atoms with Crippen molar-refractivity contribution < 1.29 is 23.8 Å².